The highest BCUT2D eigenvalue weighted by molar-refractivity contribution is 6.11. The van der Waals surface area contributed by atoms with Crippen molar-refractivity contribution in [2.24, 2.45) is 7.05 Å². The number of aryl methyl sites for hydroxylation is 2. The van der Waals surface area contributed by atoms with Gasteiger partial charge in [0, 0.05) is 13.1 Å². The Labute approximate surface area is 167 Å². The van der Waals surface area contributed by atoms with Crippen molar-refractivity contribution in [2.75, 3.05) is 11.9 Å². The minimum Gasteiger partial charge on any atom is -0.319 e. The van der Waals surface area contributed by atoms with Crippen molar-refractivity contribution in [3.8, 4) is 0 Å². The molecule has 8 heteroatoms. The van der Waals surface area contributed by atoms with Gasteiger partial charge in [0.1, 0.15) is 17.9 Å². The number of anilines is 1. The van der Waals surface area contributed by atoms with Crippen molar-refractivity contribution >= 4 is 34.4 Å². The number of imide groups is 1. The third-order valence-electron chi connectivity index (χ3n) is 5.17. The Morgan fingerprint density at radius 1 is 1.17 bits per heavy atom. The molecule has 1 atom stereocenters. The molecule has 0 spiro atoms. The number of aromatic nitrogens is 2. The topological polar surface area (TPSA) is 96.3 Å². The van der Waals surface area contributed by atoms with Crippen LogP contribution in [0.5, 0.6) is 0 Å². The third kappa shape index (κ3) is 3.12. The van der Waals surface area contributed by atoms with Crippen LogP contribution in [-0.4, -0.2) is 39.1 Å². The summed E-state index contributed by atoms with van der Waals surface area (Å²) in [5, 5.41) is 11.5. The predicted molar refractivity (Wildman–Crippen MR) is 108 cm³/mol. The maximum Gasteiger partial charge on any atom is 0.325 e. The molecule has 2 aromatic carbocycles. The lowest BCUT2D eigenvalue weighted by atomic mass is 9.88. The van der Waals surface area contributed by atoms with Gasteiger partial charge < -0.3 is 10.6 Å². The van der Waals surface area contributed by atoms with Gasteiger partial charge in [-0.15, -0.1) is 0 Å². The number of urea groups is 1. The summed E-state index contributed by atoms with van der Waals surface area (Å²) < 4.78 is 1.53. The van der Waals surface area contributed by atoms with Gasteiger partial charge in [-0.25, -0.2) is 4.79 Å². The predicted octanol–water partition coefficient (Wildman–Crippen LogP) is 2.29. The molecule has 1 saturated heterocycles. The molecule has 0 bridgehead atoms. The maximum absolute atomic E-state index is 13.2. The van der Waals surface area contributed by atoms with Crippen LogP contribution in [0.3, 0.4) is 0 Å². The zero-order chi connectivity index (χ0) is 20.8. The summed E-state index contributed by atoms with van der Waals surface area (Å²) in [6.45, 7) is 3.09. The van der Waals surface area contributed by atoms with Gasteiger partial charge in [0.05, 0.1) is 5.69 Å². The Bertz CT molecular complexity index is 1150. The van der Waals surface area contributed by atoms with Gasteiger partial charge in [0.25, 0.3) is 5.91 Å². The lowest BCUT2D eigenvalue weighted by Crippen LogP contribution is -2.42. The highest BCUT2D eigenvalue weighted by atomic mass is 16.2. The molecular formula is C21H21N5O3. The minimum atomic E-state index is -1.25. The summed E-state index contributed by atoms with van der Waals surface area (Å²) in [6, 6.07) is 14.4. The monoisotopic (exact) mass is 391 g/mol. The van der Waals surface area contributed by atoms with E-state index in [1.54, 1.807) is 20.0 Å². The molecule has 0 radical (unpaired) electrons. The summed E-state index contributed by atoms with van der Waals surface area (Å²) in [5.41, 5.74) is 0.196. The number of nitrogens with one attached hydrogen (secondary N) is 2. The molecule has 1 unspecified atom stereocenters. The number of hydrogen-bond donors (Lipinski definition) is 2. The number of carbonyl (C=O) groups excluding carboxylic acids is 3. The van der Waals surface area contributed by atoms with Crippen molar-refractivity contribution in [1.82, 2.24) is 20.0 Å². The number of nitrogens with zero attached hydrogens (tertiary/aromatic N) is 3. The molecule has 1 aliphatic rings. The fourth-order valence-corrected chi connectivity index (χ4v) is 3.74. The van der Waals surface area contributed by atoms with Gasteiger partial charge in [-0.2, -0.15) is 5.10 Å². The van der Waals surface area contributed by atoms with E-state index in [4.69, 9.17) is 0 Å². The van der Waals surface area contributed by atoms with E-state index >= 15 is 0 Å². The number of rotatable bonds is 4. The number of hydrogen-bond acceptors (Lipinski definition) is 4. The molecule has 8 nitrogen and oxygen atoms in total. The zero-order valence-electron chi connectivity index (χ0n) is 16.4. The van der Waals surface area contributed by atoms with Crippen molar-refractivity contribution < 1.29 is 14.4 Å². The van der Waals surface area contributed by atoms with Gasteiger partial charge in [-0.05, 0) is 30.2 Å². The first-order valence-electron chi connectivity index (χ1n) is 9.22. The van der Waals surface area contributed by atoms with E-state index in [0.29, 0.717) is 11.4 Å². The van der Waals surface area contributed by atoms with E-state index in [1.165, 1.54) is 4.68 Å². The van der Waals surface area contributed by atoms with E-state index in [2.05, 4.69) is 15.7 Å². The fourth-order valence-electron chi connectivity index (χ4n) is 3.74. The highest BCUT2D eigenvalue weighted by Crippen LogP contribution is 2.33. The van der Waals surface area contributed by atoms with Gasteiger partial charge in [-0.3, -0.25) is 19.2 Å². The second-order valence-electron chi connectivity index (χ2n) is 7.32. The summed E-state index contributed by atoms with van der Waals surface area (Å²) in [4.78, 5) is 39.2. The second kappa shape index (κ2) is 6.73. The lowest BCUT2D eigenvalue weighted by Gasteiger charge is -2.24. The van der Waals surface area contributed by atoms with Crippen LogP contribution in [0, 0.1) is 6.92 Å². The van der Waals surface area contributed by atoms with Crippen LogP contribution in [-0.2, 0) is 22.2 Å². The van der Waals surface area contributed by atoms with Crippen LogP contribution in [0.2, 0.25) is 0 Å². The number of amides is 4. The summed E-state index contributed by atoms with van der Waals surface area (Å²) in [5.74, 6) is -0.440. The van der Waals surface area contributed by atoms with E-state index in [0.717, 1.165) is 21.4 Å². The molecule has 1 aromatic heterocycles. The molecule has 1 aliphatic heterocycles. The van der Waals surface area contributed by atoms with Gasteiger partial charge in [0.15, 0.2) is 0 Å². The molecule has 2 heterocycles. The van der Waals surface area contributed by atoms with Crippen molar-refractivity contribution in [2.45, 2.75) is 19.4 Å². The Kier molecular flexibility index (Phi) is 4.34. The molecule has 0 saturated carbocycles. The van der Waals surface area contributed by atoms with Crippen molar-refractivity contribution in [3.63, 3.8) is 0 Å². The zero-order valence-corrected chi connectivity index (χ0v) is 16.4. The Hall–Kier alpha value is -3.68. The van der Waals surface area contributed by atoms with Gasteiger partial charge >= 0.3 is 6.03 Å². The number of benzene rings is 2. The summed E-state index contributed by atoms with van der Waals surface area (Å²) >= 11 is 0. The van der Waals surface area contributed by atoms with E-state index in [-0.39, 0.29) is 6.54 Å². The van der Waals surface area contributed by atoms with E-state index in [1.807, 2.05) is 49.4 Å². The van der Waals surface area contributed by atoms with Crippen molar-refractivity contribution in [3.05, 3.63) is 59.8 Å². The average Bonchev–Trinajstić information content (AvgIpc) is 3.11. The molecule has 2 N–H and O–H groups in total. The van der Waals surface area contributed by atoms with Crippen LogP contribution >= 0.6 is 0 Å². The number of carbonyl (C=O) groups is 3. The van der Waals surface area contributed by atoms with E-state index < -0.39 is 23.4 Å². The molecule has 3 aromatic rings. The maximum atomic E-state index is 13.2. The fraction of sp³-hybridized carbons (Fsp3) is 0.238. The normalized spacial score (nSPS) is 18.9. The van der Waals surface area contributed by atoms with Crippen LogP contribution in [0.1, 0.15) is 18.2 Å². The smallest absolute Gasteiger partial charge is 0.319 e. The molecule has 29 heavy (non-hydrogen) atoms. The van der Waals surface area contributed by atoms with Crippen LogP contribution < -0.4 is 10.6 Å². The molecule has 4 rings (SSSR count). The standard InChI is InChI=1S/C21H21N5O3/c1-13-11-17(25(3)24-13)22-18(27)12-26-19(28)21(2,23-20(26)29)16-10-6-8-14-7-4-5-9-15(14)16/h4-11H,12H2,1-3H3,(H,22,27)(H,23,29). The van der Waals surface area contributed by atoms with Crippen LogP contribution in [0.15, 0.2) is 48.5 Å². The van der Waals surface area contributed by atoms with Crippen LogP contribution in [0.25, 0.3) is 10.8 Å². The minimum absolute atomic E-state index is 0.380. The highest BCUT2D eigenvalue weighted by Gasteiger charge is 2.50. The Morgan fingerprint density at radius 2 is 1.90 bits per heavy atom. The average molecular weight is 391 g/mol. The van der Waals surface area contributed by atoms with Gasteiger partial charge in [-0.1, -0.05) is 42.5 Å². The Morgan fingerprint density at radius 3 is 2.62 bits per heavy atom. The first-order chi connectivity index (χ1) is 13.8. The van der Waals surface area contributed by atoms with Crippen molar-refractivity contribution in [1.29, 1.82) is 0 Å². The molecule has 0 aliphatic carbocycles. The molecule has 148 valence electrons. The SMILES string of the molecule is Cc1cc(NC(=O)CN2C(=O)NC(C)(c3cccc4ccccc34)C2=O)n(C)n1. The second-order valence-corrected chi connectivity index (χ2v) is 7.32. The first kappa shape index (κ1) is 18.7. The number of fused-ring (bicyclic) bond motifs is 1. The molecular weight excluding hydrogens is 370 g/mol. The molecule has 1 fully saturated rings. The van der Waals surface area contributed by atoms with Gasteiger partial charge in [0.2, 0.25) is 5.91 Å². The largest absolute Gasteiger partial charge is 0.325 e. The molecule has 4 amide bonds. The Balaban J connectivity index is 1.60. The summed E-state index contributed by atoms with van der Waals surface area (Å²) in [7, 11) is 1.70. The summed E-state index contributed by atoms with van der Waals surface area (Å²) in [6.07, 6.45) is 0. The third-order valence-corrected chi connectivity index (χ3v) is 5.17. The van der Waals surface area contributed by atoms with Crippen LogP contribution in [0.4, 0.5) is 10.6 Å². The first-order valence-corrected chi connectivity index (χ1v) is 9.22. The quantitative estimate of drug-likeness (QED) is 0.667. The lowest BCUT2D eigenvalue weighted by molar-refractivity contribution is -0.133. The van der Waals surface area contributed by atoms with E-state index in [9.17, 15) is 14.4 Å².